The molecule has 0 N–H and O–H groups in total. The Morgan fingerprint density at radius 3 is 2.53 bits per heavy atom. The van der Waals surface area contributed by atoms with E-state index in [4.69, 9.17) is 9.72 Å². The van der Waals surface area contributed by atoms with Crippen molar-refractivity contribution < 1.29 is 9.53 Å². The minimum atomic E-state index is -0.369. The van der Waals surface area contributed by atoms with Gasteiger partial charge in [0, 0.05) is 23.0 Å². The van der Waals surface area contributed by atoms with Crippen LogP contribution in [-0.4, -0.2) is 51.5 Å². The number of piperidine rings is 1. The number of carbonyl (C=O) groups excluding carboxylic acids is 1. The molecule has 6 nitrogen and oxygen atoms in total. The van der Waals surface area contributed by atoms with Gasteiger partial charge in [-0.15, -0.1) is 0 Å². The fraction of sp³-hybridized carbons (Fsp3) is 0.344. The standard InChI is InChI=1S/C32H34N4O2/c1-4-38-32(37)31-30-14-13-26-23(7-5-10-29(26)36(30)22(3)34-31)15-18-35-19-16-24(17-20-35)25-8-6-9-28-27(25)12-11-21(2)33-28/h5-14,24H,4,15-20H2,1-3H3. The predicted molar refractivity (Wildman–Crippen MR) is 152 cm³/mol. The minimum absolute atomic E-state index is 0.338. The third-order valence-corrected chi connectivity index (χ3v) is 8.00. The lowest BCUT2D eigenvalue weighted by Gasteiger charge is -2.32. The monoisotopic (exact) mass is 506 g/mol. The van der Waals surface area contributed by atoms with Gasteiger partial charge in [0.25, 0.3) is 0 Å². The first kappa shape index (κ1) is 24.6. The Morgan fingerprint density at radius 2 is 1.71 bits per heavy atom. The molecule has 0 spiro atoms. The zero-order chi connectivity index (χ0) is 26.2. The number of aryl methyl sites for hydroxylation is 2. The molecular formula is C32H34N4O2. The van der Waals surface area contributed by atoms with Gasteiger partial charge >= 0.3 is 5.97 Å². The number of benzene rings is 2. The second-order valence-corrected chi connectivity index (χ2v) is 10.4. The van der Waals surface area contributed by atoms with E-state index < -0.39 is 0 Å². The molecule has 38 heavy (non-hydrogen) atoms. The molecule has 0 unspecified atom stereocenters. The van der Waals surface area contributed by atoms with Gasteiger partial charge in [0.2, 0.25) is 0 Å². The first-order valence-corrected chi connectivity index (χ1v) is 13.7. The summed E-state index contributed by atoms with van der Waals surface area (Å²) in [4.78, 5) is 24.3. The largest absolute Gasteiger partial charge is 0.461 e. The van der Waals surface area contributed by atoms with E-state index in [9.17, 15) is 4.79 Å². The van der Waals surface area contributed by atoms with Crippen molar-refractivity contribution in [2.45, 2.75) is 46.0 Å². The van der Waals surface area contributed by atoms with Crippen molar-refractivity contribution in [1.29, 1.82) is 0 Å². The lowest BCUT2D eigenvalue weighted by Crippen LogP contribution is -2.34. The molecule has 0 bridgehead atoms. The van der Waals surface area contributed by atoms with E-state index in [1.807, 2.05) is 19.9 Å². The summed E-state index contributed by atoms with van der Waals surface area (Å²) >= 11 is 0. The van der Waals surface area contributed by atoms with Gasteiger partial charge < -0.3 is 9.64 Å². The van der Waals surface area contributed by atoms with Crippen LogP contribution in [0.15, 0.2) is 60.7 Å². The number of rotatable bonds is 6. The quantitative estimate of drug-likeness (QED) is 0.255. The first-order chi connectivity index (χ1) is 18.5. The second kappa shape index (κ2) is 10.2. The van der Waals surface area contributed by atoms with Gasteiger partial charge in [0.05, 0.1) is 23.2 Å². The number of carbonyl (C=O) groups is 1. The molecule has 0 radical (unpaired) electrons. The van der Waals surface area contributed by atoms with Gasteiger partial charge in [0.1, 0.15) is 5.82 Å². The highest BCUT2D eigenvalue weighted by molar-refractivity contribution is 5.98. The SMILES string of the molecule is CCOC(=O)c1nc(C)n2c1ccc1c(CCN3CCC(c4cccc5nc(C)ccc45)CC3)cccc12. The van der Waals surface area contributed by atoms with E-state index in [0.29, 0.717) is 18.2 Å². The summed E-state index contributed by atoms with van der Waals surface area (Å²) in [5, 5.41) is 2.52. The van der Waals surface area contributed by atoms with Crippen LogP contribution in [0.25, 0.3) is 27.3 Å². The second-order valence-electron chi connectivity index (χ2n) is 10.4. The molecular weight excluding hydrogens is 472 g/mol. The summed E-state index contributed by atoms with van der Waals surface area (Å²) in [6.07, 6.45) is 3.34. The number of imidazole rings is 1. The first-order valence-electron chi connectivity index (χ1n) is 13.7. The van der Waals surface area contributed by atoms with Gasteiger partial charge in [-0.3, -0.25) is 9.38 Å². The number of esters is 1. The Bertz CT molecular complexity index is 1650. The van der Waals surface area contributed by atoms with Crippen LogP contribution in [0, 0.1) is 13.8 Å². The van der Waals surface area contributed by atoms with E-state index in [1.54, 1.807) is 0 Å². The lowest BCUT2D eigenvalue weighted by molar-refractivity contribution is 0.0522. The van der Waals surface area contributed by atoms with Gasteiger partial charge in [-0.1, -0.05) is 36.4 Å². The van der Waals surface area contributed by atoms with Crippen molar-refractivity contribution in [2.75, 3.05) is 26.2 Å². The molecule has 5 aromatic rings. The van der Waals surface area contributed by atoms with Crippen LogP contribution < -0.4 is 0 Å². The van der Waals surface area contributed by atoms with Crippen LogP contribution >= 0.6 is 0 Å². The maximum absolute atomic E-state index is 12.4. The molecule has 6 heteroatoms. The Balaban J connectivity index is 1.18. The Hall–Kier alpha value is -3.77. The maximum atomic E-state index is 12.4. The van der Waals surface area contributed by atoms with Crippen LogP contribution in [0.1, 0.15) is 58.8 Å². The Morgan fingerprint density at radius 1 is 0.921 bits per heavy atom. The molecule has 0 atom stereocenters. The molecule has 1 aliphatic rings. The van der Waals surface area contributed by atoms with Crippen LogP contribution in [0.4, 0.5) is 0 Å². The van der Waals surface area contributed by atoms with Crippen LogP contribution in [0.5, 0.6) is 0 Å². The fourth-order valence-electron chi connectivity index (χ4n) is 6.11. The third kappa shape index (κ3) is 4.43. The molecule has 0 amide bonds. The molecule has 1 saturated heterocycles. The normalized spacial score (nSPS) is 15.0. The third-order valence-electron chi connectivity index (χ3n) is 8.00. The molecule has 3 aromatic heterocycles. The van der Waals surface area contributed by atoms with E-state index in [2.05, 4.69) is 75.8 Å². The number of likely N-dealkylation sites (tertiary alicyclic amines) is 1. The van der Waals surface area contributed by atoms with E-state index in [-0.39, 0.29) is 5.97 Å². The van der Waals surface area contributed by atoms with Crippen molar-refractivity contribution in [3.05, 3.63) is 89.0 Å². The average molecular weight is 507 g/mol. The molecule has 194 valence electrons. The number of nitrogens with zero attached hydrogens (tertiary/aromatic N) is 4. The summed E-state index contributed by atoms with van der Waals surface area (Å²) in [5.74, 6) is 1.02. The Labute approximate surface area is 223 Å². The number of hydrogen-bond acceptors (Lipinski definition) is 5. The number of aromatic nitrogens is 3. The summed E-state index contributed by atoms with van der Waals surface area (Å²) in [6.45, 7) is 9.41. The van der Waals surface area contributed by atoms with E-state index in [0.717, 1.165) is 54.1 Å². The zero-order valence-corrected chi connectivity index (χ0v) is 22.4. The lowest BCUT2D eigenvalue weighted by atomic mass is 9.87. The van der Waals surface area contributed by atoms with Crippen molar-refractivity contribution in [2.24, 2.45) is 0 Å². The summed E-state index contributed by atoms with van der Waals surface area (Å²) < 4.78 is 7.31. The molecule has 0 aliphatic carbocycles. The number of hydrogen-bond donors (Lipinski definition) is 0. The molecule has 1 aliphatic heterocycles. The van der Waals surface area contributed by atoms with Gasteiger partial charge in [-0.25, -0.2) is 9.78 Å². The predicted octanol–water partition coefficient (Wildman–Crippen LogP) is 6.25. The van der Waals surface area contributed by atoms with E-state index >= 15 is 0 Å². The van der Waals surface area contributed by atoms with Crippen LogP contribution in [-0.2, 0) is 11.2 Å². The highest BCUT2D eigenvalue weighted by Gasteiger charge is 2.23. The maximum Gasteiger partial charge on any atom is 0.359 e. The summed E-state index contributed by atoms with van der Waals surface area (Å²) in [6, 6.07) is 21.5. The molecule has 4 heterocycles. The van der Waals surface area contributed by atoms with Gasteiger partial charge in [0.15, 0.2) is 5.69 Å². The summed E-state index contributed by atoms with van der Waals surface area (Å²) in [7, 11) is 0. The molecule has 1 fully saturated rings. The van der Waals surface area contributed by atoms with Crippen molar-refractivity contribution in [3.63, 3.8) is 0 Å². The van der Waals surface area contributed by atoms with Gasteiger partial charge in [-0.05, 0) is 94.4 Å². The number of pyridine rings is 2. The van der Waals surface area contributed by atoms with Crippen molar-refractivity contribution in [3.8, 4) is 0 Å². The van der Waals surface area contributed by atoms with E-state index in [1.165, 1.54) is 34.7 Å². The van der Waals surface area contributed by atoms with Crippen molar-refractivity contribution >= 4 is 33.3 Å². The van der Waals surface area contributed by atoms with Crippen LogP contribution in [0.3, 0.4) is 0 Å². The highest BCUT2D eigenvalue weighted by Crippen LogP contribution is 2.33. The van der Waals surface area contributed by atoms with Crippen LogP contribution in [0.2, 0.25) is 0 Å². The van der Waals surface area contributed by atoms with Crippen molar-refractivity contribution in [1.82, 2.24) is 19.3 Å². The molecule has 6 rings (SSSR count). The molecule has 2 aromatic carbocycles. The highest BCUT2D eigenvalue weighted by atomic mass is 16.5. The smallest absolute Gasteiger partial charge is 0.359 e. The Kier molecular flexibility index (Phi) is 6.58. The zero-order valence-electron chi connectivity index (χ0n) is 22.4. The topological polar surface area (TPSA) is 59.7 Å². The average Bonchev–Trinajstić information content (AvgIpc) is 3.28. The van der Waals surface area contributed by atoms with Gasteiger partial charge in [-0.2, -0.15) is 0 Å². The summed E-state index contributed by atoms with van der Waals surface area (Å²) in [5.41, 5.74) is 7.22. The number of fused-ring (bicyclic) bond motifs is 4. The minimum Gasteiger partial charge on any atom is -0.461 e. The number of ether oxygens (including phenoxy) is 1. The molecule has 0 saturated carbocycles. The fourth-order valence-corrected chi connectivity index (χ4v) is 6.11.